The molecule has 1 saturated heterocycles. The van der Waals surface area contributed by atoms with Crippen molar-refractivity contribution in [1.82, 2.24) is 4.90 Å². The van der Waals surface area contributed by atoms with Gasteiger partial charge in [-0.2, -0.15) is 0 Å². The van der Waals surface area contributed by atoms with Crippen molar-refractivity contribution >= 4 is 11.8 Å². The topological polar surface area (TPSA) is 41.6 Å². The van der Waals surface area contributed by atoms with Crippen LogP contribution in [0.15, 0.2) is 18.2 Å². The monoisotopic (exact) mass is 332 g/mol. The van der Waals surface area contributed by atoms with Gasteiger partial charge < -0.3 is 15.0 Å². The van der Waals surface area contributed by atoms with E-state index in [2.05, 4.69) is 44.3 Å². The summed E-state index contributed by atoms with van der Waals surface area (Å²) in [7, 11) is 0. The quantitative estimate of drug-likeness (QED) is 0.868. The molecule has 134 valence electrons. The molecule has 0 saturated carbocycles. The Hall–Kier alpha value is -1.71. The summed E-state index contributed by atoms with van der Waals surface area (Å²) in [6.45, 7) is 13.8. The van der Waals surface area contributed by atoms with E-state index in [1.807, 2.05) is 25.7 Å². The number of likely N-dealkylation sites (tertiary alicyclic amines) is 1. The molecule has 4 heteroatoms. The van der Waals surface area contributed by atoms with E-state index in [1.165, 1.54) is 16.8 Å². The molecule has 0 aromatic heterocycles. The molecular weight excluding hydrogens is 300 g/mol. The third kappa shape index (κ3) is 5.15. The van der Waals surface area contributed by atoms with Gasteiger partial charge in [0.1, 0.15) is 5.60 Å². The van der Waals surface area contributed by atoms with Crippen LogP contribution in [0.1, 0.15) is 51.7 Å². The maximum Gasteiger partial charge on any atom is 0.410 e. The minimum Gasteiger partial charge on any atom is -0.444 e. The van der Waals surface area contributed by atoms with Crippen LogP contribution in [-0.4, -0.2) is 35.7 Å². The molecule has 1 unspecified atom stereocenters. The van der Waals surface area contributed by atoms with Crippen LogP contribution >= 0.6 is 0 Å². The molecule has 1 aliphatic rings. The van der Waals surface area contributed by atoms with Gasteiger partial charge in [-0.1, -0.05) is 6.07 Å². The van der Waals surface area contributed by atoms with Gasteiger partial charge in [0.05, 0.1) is 0 Å². The Kier molecular flexibility index (Phi) is 5.79. The van der Waals surface area contributed by atoms with Crippen LogP contribution in [-0.2, 0) is 4.74 Å². The molecule has 0 radical (unpaired) electrons. The Morgan fingerprint density at radius 2 is 1.83 bits per heavy atom. The lowest BCUT2D eigenvalue weighted by Crippen LogP contribution is -2.44. The van der Waals surface area contributed by atoms with Gasteiger partial charge in [-0.15, -0.1) is 0 Å². The second kappa shape index (κ2) is 7.45. The molecule has 1 aromatic carbocycles. The van der Waals surface area contributed by atoms with E-state index >= 15 is 0 Å². The van der Waals surface area contributed by atoms with Crippen molar-refractivity contribution in [2.45, 2.75) is 66.0 Å². The highest BCUT2D eigenvalue weighted by molar-refractivity contribution is 5.68. The molecule has 1 aliphatic heterocycles. The molecular formula is C20H32N2O2. The van der Waals surface area contributed by atoms with Crippen molar-refractivity contribution in [2.24, 2.45) is 5.92 Å². The number of nitrogens with zero attached hydrogens (tertiary/aromatic N) is 1. The molecule has 1 heterocycles. The van der Waals surface area contributed by atoms with Gasteiger partial charge in [0.15, 0.2) is 0 Å². The predicted molar refractivity (Wildman–Crippen MR) is 99.5 cm³/mol. The number of ether oxygens (including phenoxy) is 1. The summed E-state index contributed by atoms with van der Waals surface area (Å²) < 4.78 is 5.46. The van der Waals surface area contributed by atoms with Crippen LogP contribution in [0.25, 0.3) is 0 Å². The number of carbonyl (C=O) groups is 1. The first kappa shape index (κ1) is 18.6. The SMILES string of the molecule is Cc1ccc(NC(C)C2CCN(C(=O)OC(C)(C)C)CC2)cc1C. The van der Waals surface area contributed by atoms with Crippen LogP contribution < -0.4 is 5.32 Å². The Labute approximate surface area is 146 Å². The number of nitrogens with one attached hydrogen (secondary N) is 1. The maximum atomic E-state index is 12.1. The lowest BCUT2D eigenvalue weighted by molar-refractivity contribution is 0.0179. The Morgan fingerprint density at radius 1 is 1.21 bits per heavy atom. The van der Waals surface area contributed by atoms with Crippen LogP contribution in [0.5, 0.6) is 0 Å². The molecule has 1 atom stereocenters. The zero-order chi connectivity index (χ0) is 17.9. The van der Waals surface area contributed by atoms with Crippen molar-refractivity contribution in [3.8, 4) is 0 Å². The second-order valence-corrected chi connectivity index (χ2v) is 8.04. The average molecular weight is 332 g/mol. The summed E-state index contributed by atoms with van der Waals surface area (Å²) in [6, 6.07) is 6.92. The molecule has 0 aliphatic carbocycles. The van der Waals surface area contributed by atoms with E-state index < -0.39 is 5.60 Å². The van der Waals surface area contributed by atoms with Gasteiger partial charge in [0.2, 0.25) is 0 Å². The predicted octanol–water partition coefficient (Wildman–Crippen LogP) is 4.75. The zero-order valence-corrected chi connectivity index (χ0v) is 16.0. The molecule has 4 nitrogen and oxygen atoms in total. The lowest BCUT2D eigenvalue weighted by Gasteiger charge is -2.36. The van der Waals surface area contributed by atoms with Crippen molar-refractivity contribution in [2.75, 3.05) is 18.4 Å². The lowest BCUT2D eigenvalue weighted by atomic mass is 9.90. The molecule has 2 rings (SSSR count). The summed E-state index contributed by atoms with van der Waals surface area (Å²) in [6.07, 6.45) is 1.84. The Morgan fingerprint density at radius 3 is 2.38 bits per heavy atom. The van der Waals surface area contributed by atoms with E-state index in [0.29, 0.717) is 12.0 Å². The van der Waals surface area contributed by atoms with Gasteiger partial charge in [-0.05, 0) is 83.6 Å². The summed E-state index contributed by atoms with van der Waals surface area (Å²) in [5.74, 6) is 0.574. The van der Waals surface area contributed by atoms with Crippen LogP contribution in [0.2, 0.25) is 0 Å². The van der Waals surface area contributed by atoms with Gasteiger partial charge >= 0.3 is 6.09 Å². The number of rotatable bonds is 3. The van der Waals surface area contributed by atoms with Crippen molar-refractivity contribution in [3.63, 3.8) is 0 Å². The minimum absolute atomic E-state index is 0.185. The number of aryl methyl sites for hydroxylation is 2. The highest BCUT2D eigenvalue weighted by Crippen LogP contribution is 2.25. The fourth-order valence-electron chi connectivity index (χ4n) is 3.12. The number of piperidine rings is 1. The fourth-order valence-corrected chi connectivity index (χ4v) is 3.12. The summed E-state index contributed by atoms with van der Waals surface area (Å²) >= 11 is 0. The van der Waals surface area contributed by atoms with E-state index in [9.17, 15) is 4.79 Å². The number of hydrogen-bond donors (Lipinski definition) is 1. The minimum atomic E-state index is -0.425. The Bertz CT molecular complexity index is 569. The smallest absolute Gasteiger partial charge is 0.410 e. The van der Waals surface area contributed by atoms with Gasteiger partial charge in [0, 0.05) is 24.8 Å². The third-order valence-electron chi connectivity index (χ3n) is 4.80. The number of amides is 1. The largest absolute Gasteiger partial charge is 0.444 e. The first-order valence-electron chi connectivity index (χ1n) is 8.97. The highest BCUT2D eigenvalue weighted by Gasteiger charge is 2.29. The first-order chi connectivity index (χ1) is 11.2. The molecule has 0 spiro atoms. The number of carbonyl (C=O) groups excluding carboxylic acids is 1. The molecule has 0 bridgehead atoms. The Balaban J connectivity index is 1.85. The first-order valence-corrected chi connectivity index (χ1v) is 8.97. The van der Waals surface area contributed by atoms with E-state index in [0.717, 1.165) is 25.9 Å². The standard InChI is InChI=1S/C20H32N2O2/c1-14-7-8-18(13-15(14)2)21-16(3)17-9-11-22(12-10-17)19(23)24-20(4,5)6/h7-8,13,16-17,21H,9-12H2,1-6H3. The number of hydrogen-bond acceptors (Lipinski definition) is 3. The maximum absolute atomic E-state index is 12.1. The third-order valence-corrected chi connectivity index (χ3v) is 4.80. The average Bonchev–Trinajstić information content (AvgIpc) is 2.49. The summed E-state index contributed by atoms with van der Waals surface area (Å²) in [5.41, 5.74) is 3.39. The van der Waals surface area contributed by atoms with Crippen LogP contribution in [0, 0.1) is 19.8 Å². The fraction of sp³-hybridized carbons (Fsp3) is 0.650. The molecule has 1 aromatic rings. The van der Waals surface area contributed by atoms with Crippen LogP contribution in [0.3, 0.4) is 0 Å². The molecule has 1 fully saturated rings. The second-order valence-electron chi connectivity index (χ2n) is 8.04. The van der Waals surface area contributed by atoms with Crippen molar-refractivity contribution in [1.29, 1.82) is 0 Å². The number of anilines is 1. The van der Waals surface area contributed by atoms with Crippen molar-refractivity contribution < 1.29 is 9.53 Å². The summed E-state index contributed by atoms with van der Waals surface area (Å²) in [5, 5.41) is 3.63. The summed E-state index contributed by atoms with van der Waals surface area (Å²) in [4.78, 5) is 14.0. The van der Waals surface area contributed by atoms with Gasteiger partial charge in [-0.25, -0.2) is 4.79 Å². The zero-order valence-electron chi connectivity index (χ0n) is 16.0. The molecule has 1 amide bonds. The van der Waals surface area contributed by atoms with E-state index in [4.69, 9.17) is 4.74 Å². The van der Waals surface area contributed by atoms with E-state index in [1.54, 1.807) is 0 Å². The van der Waals surface area contributed by atoms with Crippen molar-refractivity contribution in [3.05, 3.63) is 29.3 Å². The van der Waals surface area contributed by atoms with E-state index in [-0.39, 0.29) is 6.09 Å². The molecule has 1 N–H and O–H groups in total. The van der Waals surface area contributed by atoms with Gasteiger partial charge in [-0.3, -0.25) is 0 Å². The van der Waals surface area contributed by atoms with Gasteiger partial charge in [0.25, 0.3) is 0 Å². The highest BCUT2D eigenvalue weighted by atomic mass is 16.6. The normalized spacial score (nSPS) is 17.5. The van der Waals surface area contributed by atoms with Crippen LogP contribution in [0.4, 0.5) is 10.5 Å². The molecule has 24 heavy (non-hydrogen) atoms. The number of benzene rings is 1.